The van der Waals surface area contributed by atoms with Crippen LogP contribution in [0.1, 0.15) is 219 Å². The molecule has 0 saturated carbocycles. The van der Waals surface area contributed by atoms with Crippen LogP contribution in [0.5, 0.6) is 0 Å². The van der Waals surface area contributed by atoms with Gasteiger partial charge in [0.1, 0.15) is 0 Å². The molecular formula is C36H75NdO3P. The van der Waals surface area contributed by atoms with Gasteiger partial charge in [0.15, 0.2) is 0 Å². The smallest absolute Gasteiger partial charge is 0.324 e. The first-order chi connectivity index (χ1) is 19.6. The van der Waals surface area contributed by atoms with Gasteiger partial charge in [-0.3, -0.25) is 4.57 Å². The van der Waals surface area contributed by atoms with E-state index in [1.165, 1.54) is 180 Å². The Morgan fingerprint density at radius 3 is 0.878 bits per heavy atom. The maximum absolute atomic E-state index is 12.3. The van der Waals surface area contributed by atoms with Crippen molar-refractivity contribution in [3.63, 3.8) is 0 Å². The minimum absolute atomic E-state index is 0. The predicted molar refractivity (Wildman–Crippen MR) is 180 cm³/mol. The third-order valence-corrected chi connectivity index (χ3v) is 10.1. The van der Waals surface area contributed by atoms with Crippen molar-refractivity contribution in [2.24, 2.45) is 0 Å². The van der Waals surface area contributed by atoms with E-state index in [2.05, 4.69) is 13.8 Å². The van der Waals surface area contributed by atoms with Gasteiger partial charge in [-0.15, -0.1) is 0 Å². The summed E-state index contributed by atoms with van der Waals surface area (Å²) < 4.78 is 17.6. The molecule has 5 heteroatoms. The minimum Gasteiger partial charge on any atom is -0.324 e. The van der Waals surface area contributed by atoms with Crippen molar-refractivity contribution in [3.8, 4) is 0 Å². The summed E-state index contributed by atoms with van der Waals surface area (Å²) in [5.41, 5.74) is 0. The molecule has 41 heavy (non-hydrogen) atoms. The Balaban J connectivity index is 0. The maximum Gasteiger partial charge on any atom is 0.328 e. The van der Waals surface area contributed by atoms with Gasteiger partial charge in [-0.05, 0) is 12.8 Å². The van der Waals surface area contributed by atoms with Crippen LogP contribution in [-0.2, 0) is 9.09 Å². The Bertz CT molecular complexity index is 517. The van der Waals surface area contributed by atoms with Crippen molar-refractivity contribution < 1.29 is 54.8 Å². The molecule has 0 aliphatic carbocycles. The number of unbranched alkanes of at least 4 members (excludes halogenated alkanes) is 30. The first-order valence-electron chi connectivity index (χ1n) is 18.6. The molecule has 0 aliphatic rings. The van der Waals surface area contributed by atoms with Gasteiger partial charge in [-0.25, -0.2) is 0 Å². The second-order valence-electron chi connectivity index (χ2n) is 12.8. The molecule has 0 aromatic rings. The summed E-state index contributed by atoms with van der Waals surface area (Å²) in [5, 5.41) is 0. The number of rotatable bonds is 35. The fourth-order valence-electron chi connectivity index (χ4n) is 5.78. The van der Waals surface area contributed by atoms with Crippen LogP contribution in [0.3, 0.4) is 0 Å². The summed E-state index contributed by atoms with van der Waals surface area (Å²) in [5.74, 6) is 0. The molecular weight excluding hydrogens is 656 g/mol. The average molecular weight is 731 g/mol. The SMILES string of the molecule is CCCCCCCCCCCCCCCCCCOP(=O)(O)CCCCCCCCCCCCCCCCCC.[Nd]. The Labute approximate surface area is 292 Å². The summed E-state index contributed by atoms with van der Waals surface area (Å²) in [6.45, 7) is 5.02. The van der Waals surface area contributed by atoms with Crippen LogP contribution in [0.4, 0.5) is 0 Å². The summed E-state index contributed by atoms with van der Waals surface area (Å²) >= 11 is 0. The van der Waals surface area contributed by atoms with E-state index >= 15 is 0 Å². The topological polar surface area (TPSA) is 46.5 Å². The molecule has 1 atom stereocenters. The van der Waals surface area contributed by atoms with Crippen molar-refractivity contribution in [1.82, 2.24) is 0 Å². The van der Waals surface area contributed by atoms with Gasteiger partial charge >= 0.3 is 7.60 Å². The average Bonchev–Trinajstić information content (AvgIpc) is 2.94. The molecule has 0 rings (SSSR count). The molecule has 1 unspecified atom stereocenters. The molecule has 1 N–H and O–H groups in total. The Morgan fingerprint density at radius 1 is 0.390 bits per heavy atom. The predicted octanol–water partition coefficient (Wildman–Crippen LogP) is 13.7. The molecule has 0 aliphatic heterocycles. The van der Waals surface area contributed by atoms with E-state index < -0.39 is 7.60 Å². The van der Waals surface area contributed by atoms with Crippen LogP contribution < -0.4 is 0 Å². The zero-order valence-electron chi connectivity index (χ0n) is 28.3. The standard InChI is InChI=1S/C36H75O3P.Nd/c1-3-5-7-9-11-13-15-17-19-21-23-25-27-29-31-33-35-39-40(37,38)36-34-32-30-28-26-24-22-20-18-16-14-12-10-8-6-4-2;/h3-36H2,1-2H3,(H,37,38);. The summed E-state index contributed by atoms with van der Waals surface area (Å²) in [6.07, 6.45) is 42.9. The maximum atomic E-state index is 12.3. The van der Waals surface area contributed by atoms with Crippen molar-refractivity contribution in [2.45, 2.75) is 219 Å². The molecule has 0 fully saturated rings. The van der Waals surface area contributed by atoms with Gasteiger partial charge < -0.3 is 9.42 Å². The van der Waals surface area contributed by atoms with Crippen molar-refractivity contribution in [3.05, 3.63) is 0 Å². The van der Waals surface area contributed by atoms with Crippen LogP contribution in [0.15, 0.2) is 0 Å². The van der Waals surface area contributed by atoms with E-state index in [0.29, 0.717) is 12.8 Å². The van der Waals surface area contributed by atoms with Crippen molar-refractivity contribution in [2.75, 3.05) is 12.8 Å². The Kier molecular flexibility index (Phi) is 41.0. The first kappa shape index (κ1) is 44.6. The van der Waals surface area contributed by atoms with E-state index in [1.54, 1.807) is 0 Å². The summed E-state index contributed by atoms with van der Waals surface area (Å²) in [4.78, 5) is 10.1. The van der Waals surface area contributed by atoms with Crippen LogP contribution in [0, 0.1) is 40.8 Å². The second-order valence-corrected chi connectivity index (χ2v) is 14.8. The molecule has 0 heterocycles. The molecule has 0 saturated heterocycles. The molecule has 0 radical (unpaired) electrons. The molecule has 0 spiro atoms. The minimum atomic E-state index is -3.37. The van der Waals surface area contributed by atoms with E-state index in [0.717, 1.165) is 25.7 Å². The molecule has 0 aromatic heterocycles. The van der Waals surface area contributed by atoms with Gasteiger partial charge in [0.2, 0.25) is 0 Å². The first-order valence-corrected chi connectivity index (χ1v) is 20.3. The van der Waals surface area contributed by atoms with Crippen molar-refractivity contribution >= 4 is 7.60 Å². The van der Waals surface area contributed by atoms with Crippen LogP contribution in [0.2, 0.25) is 0 Å². The van der Waals surface area contributed by atoms with Gasteiger partial charge in [-0.2, -0.15) is 0 Å². The number of hydrogen-bond acceptors (Lipinski definition) is 2. The van der Waals surface area contributed by atoms with Gasteiger partial charge in [0.05, 0.1) is 6.61 Å². The zero-order valence-corrected chi connectivity index (χ0v) is 32.4. The Morgan fingerprint density at radius 2 is 0.610 bits per heavy atom. The quantitative estimate of drug-likeness (QED) is 0.0522. The third-order valence-electron chi connectivity index (χ3n) is 8.59. The fourth-order valence-corrected chi connectivity index (χ4v) is 6.95. The van der Waals surface area contributed by atoms with E-state index in [9.17, 15) is 9.46 Å². The summed E-state index contributed by atoms with van der Waals surface area (Å²) in [7, 11) is -3.37. The zero-order chi connectivity index (χ0) is 29.2. The molecule has 0 amide bonds. The fraction of sp³-hybridized carbons (Fsp3) is 1.00. The second kappa shape index (κ2) is 37.7. The monoisotopic (exact) mass is 728 g/mol. The molecule has 0 bridgehead atoms. The van der Waals surface area contributed by atoms with Gasteiger partial charge in [0.25, 0.3) is 0 Å². The van der Waals surface area contributed by atoms with Crippen LogP contribution >= 0.6 is 7.60 Å². The molecule has 0 aromatic carbocycles. The molecule has 3 nitrogen and oxygen atoms in total. The van der Waals surface area contributed by atoms with Gasteiger partial charge in [0, 0.05) is 47.0 Å². The van der Waals surface area contributed by atoms with E-state index in [4.69, 9.17) is 4.52 Å². The van der Waals surface area contributed by atoms with Gasteiger partial charge in [-0.1, -0.05) is 206 Å². The molecule has 246 valence electrons. The van der Waals surface area contributed by atoms with Crippen LogP contribution in [0.25, 0.3) is 0 Å². The summed E-state index contributed by atoms with van der Waals surface area (Å²) in [6, 6.07) is 0. The van der Waals surface area contributed by atoms with Crippen molar-refractivity contribution in [1.29, 1.82) is 0 Å². The van der Waals surface area contributed by atoms with Crippen LogP contribution in [-0.4, -0.2) is 17.7 Å². The van der Waals surface area contributed by atoms with E-state index in [1.807, 2.05) is 0 Å². The Hall–Kier alpha value is 1.50. The normalized spacial score (nSPS) is 12.9. The van der Waals surface area contributed by atoms with E-state index in [-0.39, 0.29) is 40.8 Å². The third kappa shape index (κ3) is 39.5. The largest absolute Gasteiger partial charge is 0.328 e. The number of hydrogen-bond donors (Lipinski definition) is 1.